The highest BCUT2D eigenvalue weighted by Crippen LogP contribution is 2.38. The van der Waals surface area contributed by atoms with E-state index in [1.165, 1.54) is 0 Å². The predicted octanol–water partition coefficient (Wildman–Crippen LogP) is 2.22. The highest BCUT2D eigenvalue weighted by molar-refractivity contribution is 6.31. The molecule has 2 atom stereocenters. The molecule has 142 valence electrons. The number of amides is 2. The fourth-order valence-corrected chi connectivity index (χ4v) is 4.18. The number of hydrogen-bond acceptors (Lipinski definition) is 4. The Morgan fingerprint density at radius 2 is 2.12 bits per heavy atom. The molecule has 2 fully saturated rings. The van der Waals surface area contributed by atoms with Gasteiger partial charge in [-0.3, -0.25) is 9.59 Å². The van der Waals surface area contributed by atoms with Crippen LogP contribution in [0.25, 0.3) is 0 Å². The van der Waals surface area contributed by atoms with Crippen LogP contribution < -0.4 is 10.6 Å². The van der Waals surface area contributed by atoms with E-state index in [4.69, 9.17) is 21.1 Å². The van der Waals surface area contributed by atoms with E-state index >= 15 is 0 Å². The standard InChI is InChI=1S/C19H25ClN2O4/c1-25-12-19(8-4-5-9-19)11-21-18(24)17-16(22-15(23)10-26-17)13-6-2-3-7-14(13)20/h2-3,6-7,16-17H,4-5,8-12H2,1H3,(H,21,24)(H,22,23)/t16-,17+/m1/s1. The number of methoxy groups -OCH3 is 1. The Labute approximate surface area is 158 Å². The van der Waals surface area contributed by atoms with Gasteiger partial charge in [-0.25, -0.2) is 0 Å². The molecule has 1 saturated heterocycles. The van der Waals surface area contributed by atoms with Crippen molar-refractivity contribution in [3.8, 4) is 0 Å². The van der Waals surface area contributed by atoms with Gasteiger partial charge in [0.1, 0.15) is 6.61 Å². The summed E-state index contributed by atoms with van der Waals surface area (Å²) in [4.78, 5) is 24.6. The topological polar surface area (TPSA) is 76.7 Å². The van der Waals surface area contributed by atoms with Gasteiger partial charge in [0.2, 0.25) is 5.91 Å². The van der Waals surface area contributed by atoms with Gasteiger partial charge in [-0.1, -0.05) is 42.6 Å². The zero-order valence-electron chi connectivity index (χ0n) is 14.9. The van der Waals surface area contributed by atoms with Crippen LogP contribution in [0.3, 0.4) is 0 Å². The molecule has 1 aromatic carbocycles. The molecule has 1 saturated carbocycles. The van der Waals surface area contributed by atoms with Crippen molar-refractivity contribution >= 4 is 23.4 Å². The minimum absolute atomic E-state index is 0.0117. The molecule has 26 heavy (non-hydrogen) atoms. The number of rotatable bonds is 6. The normalized spacial score (nSPS) is 24.9. The maximum Gasteiger partial charge on any atom is 0.251 e. The van der Waals surface area contributed by atoms with Crippen LogP contribution in [0, 0.1) is 5.41 Å². The van der Waals surface area contributed by atoms with E-state index in [1.807, 2.05) is 6.07 Å². The van der Waals surface area contributed by atoms with E-state index in [0.717, 1.165) is 25.7 Å². The van der Waals surface area contributed by atoms with Crippen LogP contribution in [0.5, 0.6) is 0 Å². The third kappa shape index (κ3) is 4.19. The number of ether oxygens (including phenoxy) is 2. The Balaban J connectivity index is 1.72. The van der Waals surface area contributed by atoms with Gasteiger partial charge in [0.05, 0.1) is 12.6 Å². The maximum atomic E-state index is 12.8. The largest absolute Gasteiger partial charge is 0.384 e. The van der Waals surface area contributed by atoms with E-state index in [-0.39, 0.29) is 23.8 Å². The Morgan fingerprint density at radius 1 is 1.38 bits per heavy atom. The van der Waals surface area contributed by atoms with Crippen molar-refractivity contribution in [2.75, 3.05) is 26.9 Å². The summed E-state index contributed by atoms with van der Waals surface area (Å²) in [5.74, 6) is -0.497. The van der Waals surface area contributed by atoms with Crippen LogP contribution in [-0.2, 0) is 19.1 Å². The molecule has 3 rings (SSSR count). The molecule has 7 heteroatoms. The van der Waals surface area contributed by atoms with Crippen molar-refractivity contribution < 1.29 is 19.1 Å². The molecule has 0 radical (unpaired) electrons. The summed E-state index contributed by atoms with van der Waals surface area (Å²) >= 11 is 6.26. The van der Waals surface area contributed by atoms with E-state index in [1.54, 1.807) is 25.3 Å². The van der Waals surface area contributed by atoms with Crippen molar-refractivity contribution in [2.24, 2.45) is 5.41 Å². The summed E-state index contributed by atoms with van der Waals surface area (Å²) in [7, 11) is 1.69. The first-order valence-corrected chi connectivity index (χ1v) is 9.34. The van der Waals surface area contributed by atoms with Crippen LogP contribution in [-0.4, -0.2) is 44.8 Å². The Bertz CT molecular complexity index is 661. The Morgan fingerprint density at radius 3 is 2.81 bits per heavy atom. The first-order chi connectivity index (χ1) is 12.5. The second-order valence-electron chi connectivity index (χ2n) is 7.16. The number of halogens is 1. The Kier molecular flexibility index (Phi) is 6.16. The maximum absolute atomic E-state index is 12.8. The summed E-state index contributed by atoms with van der Waals surface area (Å²) in [6.45, 7) is 1.04. The summed E-state index contributed by atoms with van der Waals surface area (Å²) in [5.41, 5.74) is 0.664. The summed E-state index contributed by atoms with van der Waals surface area (Å²) in [6, 6.07) is 6.56. The lowest BCUT2D eigenvalue weighted by Crippen LogP contribution is -2.53. The summed E-state index contributed by atoms with van der Waals surface area (Å²) < 4.78 is 10.9. The van der Waals surface area contributed by atoms with Crippen molar-refractivity contribution in [1.29, 1.82) is 0 Å². The van der Waals surface area contributed by atoms with Gasteiger partial charge < -0.3 is 20.1 Å². The first-order valence-electron chi connectivity index (χ1n) is 8.97. The molecule has 6 nitrogen and oxygen atoms in total. The number of carbonyl (C=O) groups excluding carboxylic acids is 2. The van der Waals surface area contributed by atoms with Crippen LogP contribution in [0.4, 0.5) is 0 Å². The second-order valence-corrected chi connectivity index (χ2v) is 7.56. The lowest BCUT2D eigenvalue weighted by atomic mass is 9.87. The molecule has 2 N–H and O–H groups in total. The minimum atomic E-state index is -0.811. The summed E-state index contributed by atoms with van der Waals surface area (Å²) in [5, 5.41) is 6.34. The molecule has 0 bridgehead atoms. The van der Waals surface area contributed by atoms with Gasteiger partial charge in [0.25, 0.3) is 5.91 Å². The predicted molar refractivity (Wildman–Crippen MR) is 97.9 cm³/mol. The Hall–Kier alpha value is -1.63. The van der Waals surface area contributed by atoms with Crippen molar-refractivity contribution in [3.63, 3.8) is 0 Å². The van der Waals surface area contributed by atoms with E-state index < -0.39 is 12.1 Å². The fraction of sp³-hybridized carbons (Fsp3) is 0.579. The fourth-order valence-electron chi connectivity index (χ4n) is 3.93. The van der Waals surface area contributed by atoms with Crippen molar-refractivity contribution in [1.82, 2.24) is 10.6 Å². The van der Waals surface area contributed by atoms with Gasteiger partial charge in [0, 0.05) is 24.1 Å². The molecule has 1 aromatic rings. The first kappa shape index (κ1) is 19.1. The summed E-state index contributed by atoms with van der Waals surface area (Å²) in [6.07, 6.45) is 3.57. The molecule has 0 spiro atoms. The van der Waals surface area contributed by atoms with Gasteiger partial charge in [-0.2, -0.15) is 0 Å². The lowest BCUT2D eigenvalue weighted by Gasteiger charge is -2.34. The third-order valence-electron chi connectivity index (χ3n) is 5.26. The highest BCUT2D eigenvalue weighted by Gasteiger charge is 2.39. The monoisotopic (exact) mass is 380 g/mol. The minimum Gasteiger partial charge on any atom is -0.384 e. The molecule has 1 aliphatic carbocycles. The van der Waals surface area contributed by atoms with E-state index in [2.05, 4.69) is 10.6 Å². The van der Waals surface area contributed by atoms with Crippen LogP contribution in [0.1, 0.15) is 37.3 Å². The van der Waals surface area contributed by atoms with Crippen LogP contribution >= 0.6 is 11.6 Å². The number of benzene rings is 1. The van der Waals surface area contributed by atoms with Crippen molar-refractivity contribution in [3.05, 3.63) is 34.9 Å². The zero-order valence-corrected chi connectivity index (χ0v) is 15.7. The van der Waals surface area contributed by atoms with E-state index in [9.17, 15) is 9.59 Å². The lowest BCUT2D eigenvalue weighted by molar-refractivity contribution is -0.148. The molecule has 2 aliphatic rings. The SMILES string of the molecule is COCC1(CNC(=O)[C@H]2OCC(=O)N[C@@H]2c2ccccc2Cl)CCCC1. The molecular weight excluding hydrogens is 356 g/mol. The second kappa shape index (κ2) is 8.37. The highest BCUT2D eigenvalue weighted by atomic mass is 35.5. The van der Waals surface area contributed by atoms with Crippen LogP contribution in [0.2, 0.25) is 5.02 Å². The van der Waals surface area contributed by atoms with Gasteiger partial charge in [-0.05, 0) is 24.5 Å². The average molecular weight is 381 g/mol. The molecule has 2 amide bonds. The molecule has 1 heterocycles. The van der Waals surface area contributed by atoms with Gasteiger partial charge in [0.15, 0.2) is 6.10 Å². The van der Waals surface area contributed by atoms with Gasteiger partial charge >= 0.3 is 0 Å². The van der Waals surface area contributed by atoms with Crippen molar-refractivity contribution in [2.45, 2.75) is 37.8 Å². The molecule has 0 unspecified atom stereocenters. The van der Waals surface area contributed by atoms with E-state index in [0.29, 0.717) is 23.7 Å². The molecule has 0 aromatic heterocycles. The number of morpholine rings is 1. The smallest absolute Gasteiger partial charge is 0.251 e. The molecule has 1 aliphatic heterocycles. The third-order valence-corrected chi connectivity index (χ3v) is 5.61. The molecular formula is C19H25ClN2O4. The number of hydrogen-bond donors (Lipinski definition) is 2. The number of carbonyl (C=O) groups is 2. The van der Waals surface area contributed by atoms with Gasteiger partial charge in [-0.15, -0.1) is 0 Å². The zero-order chi connectivity index (χ0) is 18.6. The quantitative estimate of drug-likeness (QED) is 0.793. The average Bonchev–Trinajstić information content (AvgIpc) is 3.09. The van der Waals surface area contributed by atoms with Crippen LogP contribution in [0.15, 0.2) is 24.3 Å². The number of nitrogens with one attached hydrogen (secondary N) is 2.